The van der Waals surface area contributed by atoms with Crippen LogP contribution in [0.5, 0.6) is 23.3 Å². The highest BCUT2D eigenvalue weighted by molar-refractivity contribution is 7.02. The molecule has 2 aromatic heterocycles. The van der Waals surface area contributed by atoms with E-state index in [1.54, 1.807) is 0 Å². The molecule has 0 N–H and O–H groups in total. The van der Waals surface area contributed by atoms with E-state index in [0.717, 1.165) is 85.3 Å². The summed E-state index contributed by atoms with van der Waals surface area (Å²) in [4.78, 5) is 15.1. The van der Waals surface area contributed by atoms with E-state index in [1.165, 1.54) is 28.5 Å². The minimum Gasteiger partial charge on any atom is -0.440 e. The number of aromatic nitrogens is 2. The lowest BCUT2D eigenvalue weighted by atomic mass is 9.31. The highest BCUT2D eigenvalue weighted by Crippen LogP contribution is 2.50. The normalized spacial score (nSPS) is 16.7. The number of anilines is 6. The van der Waals surface area contributed by atoms with Gasteiger partial charge in [0.2, 0.25) is 11.8 Å². The smallest absolute Gasteiger partial charge is 0.258 e. The number of ether oxygens (including phenoxy) is 2. The van der Waals surface area contributed by atoms with Gasteiger partial charge in [0.15, 0.2) is 0 Å². The Morgan fingerprint density at radius 1 is 0.483 bits per heavy atom. The Kier molecular flexibility index (Phi) is 6.80. The third kappa shape index (κ3) is 4.63. The van der Waals surface area contributed by atoms with E-state index in [0.29, 0.717) is 11.8 Å². The minimum absolute atomic E-state index is 0.0430. The molecule has 12 rings (SSSR count). The van der Waals surface area contributed by atoms with Crippen LogP contribution in [0.2, 0.25) is 0 Å². The topological polar surface area (TPSA) is 50.7 Å². The number of aryl methyl sites for hydroxylation is 2. The third-order valence-electron chi connectivity index (χ3n) is 13.6. The summed E-state index contributed by atoms with van der Waals surface area (Å²) in [5.41, 5.74) is 18.6. The summed E-state index contributed by atoms with van der Waals surface area (Å²) in [6.07, 6.45) is 2.31. The Bertz CT molecular complexity index is 2930. The lowest BCUT2D eigenvalue weighted by Crippen LogP contribution is -2.64. The molecule has 6 nitrogen and oxygen atoms in total. The van der Waals surface area contributed by atoms with E-state index in [9.17, 15) is 0 Å². The molecule has 0 unspecified atom stereocenters. The van der Waals surface area contributed by atoms with Crippen LogP contribution in [0.15, 0.2) is 121 Å². The standard InChI is InChI=1S/C50H42B2N4O2/c1-29-24-41-45-47(53-29)57-43-18-12-10-16-35(43)51(45)37-27-38-40(28-39(37)55(41)31-14-8-7-9-15-31)56(32-20-21-33-34(26-32)50(5,6)23-22-49(33,3)4)42-25-30(2)54-48-46(42)52(38)36-17-11-13-19-44(36)58-48/h7-21,24-28H,22-23H2,1-6H3. The van der Waals surface area contributed by atoms with E-state index in [4.69, 9.17) is 19.4 Å². The average molecular weight is 753 g/mol. The molecule has 0 amide bonds. The van der Waals surface area contributed by atoms with E-state index < -0.39 is 0 Å². The zero-order valence-electron chi connectivity index (χ0n) is 33.7. The molecule has 4 aliphatic heterocycles. The van der Waals surface area contributed by atoms with Crippen molar-refractivity contribution in [2.75, 3.05) is 9.80 Å². The van der Waals surface area contributed by atoms with Crippen LogP contribution >= 0.6 is 0 Å². The van der Waals surface area contributed by atoms with Gasteiger partial charge in [-0.3, -0.25) is 0 Å². The minimum atomic E-state index is -0.0927. The lowest BCUT2D eigenvalue weighted by Gasteiger charge is -2.45. The Labute approximate surface area is 340 Å². The molecule has 0 saturated heterocycles. The second-order valence-electron chi connectivity index (χ2n) is 18.1. The maximum absolute atomic E-state index is 6.74. The van der Waals surface area contributed by atoms with E-state index in [-0.39, 0.29) is 24.3 Å². The van der Waals surface area contributed by atoms with Crippen LogP contribution in [0.3, 0.4) is 0 Å². The molecule has 280 valence electrons. The van der Waals surface area contributed by atoms with E-state index in [1.807, 2.05) is 0 Å². The van der Waals surface area contributed by atoms with Crippen LogP contribution in [0.1, 0.15) is 63.1 Å². The molecule has 0 atom stereocenters. The van der Waals surface area contributed by atoms with Gasteiger partial charge < -0.3 is 19.3 Å². The van der Waals surface area contributed by atoms with Crippen LogP contribution in [0, 0.1) is 13.8 Å². The summed E-state index contributed by atoms with van der Waals surface area (Å²) in [6.45, 7) is 13.6. The van der Waals surface area contributed by atoms with Crippen molar-refractivity contribution in [2.24, 2.45) is 0 Å². The van der Waals surface area contributed by atoms with Crippen molar-refractivity contribution in [2.45, 2.75) is 65.2 Å². The molecule has 8 heteroatoms. The molecule has 0 saturated carbocycles. The molecule has 0 bridgehead atoms. The van der Waals surface area contributed by atoms with Gasteiger partial charge in [-0.2, -0.15) is 0 Å². The fraction of sp³-hybridized carbons (Fsp3) is 0.200. The molecule has 5 aliphatic rings. The number of rotatable bonds is 2. The second kappa shape index (κ2) is 11.7. The van der Waals surface area contributed by atoms with Crippen molar-refractivity contribution in [3.05, 3.63) is 144 Å². The van der Waals surface area contributed by atoms with Gasteiger partial charge in [0, 0.05) is 56.4 Å². The van der Waals surface area contributed by atoms with Crippen molar-refractivity contribution in [1.82, 2.24) is 9.97 Å². The molecule has 6 heterocycles. The van der Waals surface area contributed by atoms with Gasteiger partial charge in [-0.05, 0) is 125 Å². The monoisotopic (exact) mass is 752 g/mol. The highest BCUT2D eigenvalue weighted by atomic mass is 16.5. The number of hydrogen-bond acceptors (Lipinski definition) is 6. The molecular weight excluding hydrogens is 710 g/mol. The zero-order chi connectivity index (χ0) is 39.2. The highest BCUT2D eigenvalue weighted by Gasteiger charge is 2.48. The number of fused-ring (bicyclic) bond motifs is 9. The first-order valence-corrected chi connectivity index (χ1v) is 20.6. The van der Waals surface area contributed by atoms with Crippen LogP contribution in [0.4, 0.5) is 34.1 Å². The Morgan fingerprint density at radius 2 is 0.983 bits per heavy atom. The third-order valence-corrected chi connectivity index (χ3v) is 13.6. The first-order valence-electron chi connectivity index (χ1n) is 20.6. The van der Waals surface area contributed by atoms with Crippen molar-refractivity contribution in [3.8, 4) is 23.3 Å². The Balaban J connectivity index is 1.20. The first kappa shape index (κ1) is 33.8. The zero-order valence-corrected chi connectivity index (χ0v) is 33.7. The van der Waals surface area contributed by atoms with E-state index >= 15 is 0 Å². The summed E-state index contributed by atoms with van der Waals surface area (Å²) in [6, 6.07) is 44.5. The largest absolute Gasteiger partial charge is 0.440 e. The first-order chi connectivity index (χ1) is 28.1. The summed E-state index contributed by atoms with van der Waals surface area (Å²) in [5, 5.41) is 0. The Hall–Kier alpha value is -6.27. The van der Waals surface area contributed by atoms with Gasteiger partial charge in [-0.25, -0.2) is 9.97 Å². The van der Waals surface area contributed by atoms with Crippen molar-refractivity contribution in [3.63, 3.8) is 0 Å². The van der Waals surface area contributed by atoms with Crippen LogP contribution < -0.4 is 52.1 Å². The molecule has 0 radical (unpaired) electrons. The fourth-order valence-electron chi connectivity index (χ4n) is 10.7. The number of benzene rings is 5. The van der Waals surface area contributed by atoms with Gasteiger partial charge in [-0.1, -0.05) is 94.4 Å². The Morgan fingerprint density at radius 3 is 1.55 bits per heavy atom. The number of para-hydroxylation sites is 3. The molecule has 0 fully saturated rings. The van der Waals surface area contributed by atoms with Crippen molar-refractivity contribution in [1.29, 1.82) is 0 Å². The molecule has 5 aromatic carbocycles. The molecule has 58 heavy (non-hydrogen) atoms. The maximum atomic E-state index is 6.74. The van der Waals surface area contributed by atoms with Crippen LogP contribution in [-0.4, -0.2) is 23.4 Å². The average Bonchev–Trinajstić information content (AvgIpc) is 3.21. The summed E-state index contributed by atoms with van der Waals surface area (Å²) < 4.78 is 13.4. The lowest BCUT2D eigenvalue weighted by molar-refractivity contribution is 0.332. The second-order valence-corrected chi connectivity index (χ2v) is 18.1. The maximum Gasteiger partial charge on any atom is 0.258 e. The van der Waals surface area contributed by atoms with Gasteiger partial charge in [0.25, 0.3) is 13.4 Å². The quantitative estimate of drug-likeness (QED) is 0.166. The molecule has 7 aromatic rings. The van der Waals surface area contributed by atoms with Crippen LogP contribution in [0.25, 0.3) is 0 Å². The fourth-order valence-corrected chi connectivity index (χ4v) is 10.7. The van der Waals surface area contributed by atoms with E-state index in [2.05, 4.69) is 173 Å². The number of nitrogens with zero attached hydrogens (tertiary/aromatic N) is 4. The molecule has 0 spiro atoms. The van der Waals surface area contributed by atoms with Crippen molar-refractivity contribution >= 4 is 80.3 Å². The number of hydrogen-bond donors (Lipinski definition) is 0. The van der Waals surface area contributed by atoms with Gasteiger partial charge >= 0.3 is 0 Å². The SMILES string of the molecule is Cc1cc2c3c(n1)Oc1ccccc1B3c1cc3c(cc1N2c1ccccc1)N(c1ccc2c(c1)C(C)(C)CCC2(C)C)c1cc(C)nc2c1B3c1ccccc1O2. The van der Waals surface area contributed by atoms with Crippen LogP contribution in [-0.2, 0) is 10.8 Å². The predicted octanol–water partition coefficient (Wildman–Crippen LogP) is 8.25. The summed E-state index contributed by atoms with van der Waals surface area (Å²) >= 11 is 0. The molecule has 1 aliphatic carbocycles. The summed E-state index contributed by atoms with van der Waals surface area (Å²) in [5.74, 6) is 3.06. The molecular formula is C50H42B2N4O2. The van der Waals surface area contributed by atoms with Crippen molar-refractivity contribution < 1.29 is 9.47 Å². The van der Waals surface area contributed by atoms with Gasteiger partial charge in [0.05, 0.1) is 0 Å². The summed E-state index contributed by atoms with van der Waals surface area (Å²) in [7, 11) is 0. The predicted molar refractivity (Wildman–Crippen MR) is 239 cm³/mol. The number of pyridine rings is 2. The van der Waals surface area contributed by atoms with Gasteiger partial charge in [0.1, 0.15) is 11.5 Å². The van der Waals surface area contributed by atoms with Gasteiger partial charge in [-0.15, -0.1) is 0 Å².